The molecule has 0 aliphatic heterocycles. The van der Waals surface area contributed by atoms with Crippen molar-refractivity contribution in [2.45, 2.75) is 83.8 Å². The van der Waals surface area contributed by atoms with Crippen molar-refractivity contribution in [3.8, 4) is 0 Å². The molecule has 4 heteroatoms. The number of hydrogen-bond donors (Lipinski definition) is 2. The van der Waals surface area contributed by atoms with Crippen LogP contribution >= 0.6 is 0 Å². The molecule has 25 heavy (non-hydrogen) atoms. The minimum absolute atomic E-state index is 0.157. The predicted octanol–water partition coefficient (Wildman–Crippen LogP) is 3.70. The Hall–Kier alpha value is -0.160. The van der Waals surface area contributed by atoms with Gasteiger partial charge in [0.25, 0.3) is 0 Å². The third-order valence-corrected chi connectivity index (χ3v) is 8.73. The van der Waals surface area contributed by atoms with Gasteiger partial charge in [-0.15, -0.1) is 0 Å². The third kappa shape index (κ3) is 2.88. The molecule has 8 atom stereocenters. The molecule has 4 aliphatic carbocycles. The number of aliphatic hydroxyl groups is 2. The summed E-state index contributed by atoms with van der Waals surface area (Å²) < 4.78 is 0. The highest BCUT2D eigenvalue weighted by molar-refractivity contribution is 5.10. The van der Waals surface area contributed by atoms with E-state index in [0.29, 0.717) is 42.3 Å². The first-order chi connectivity index (χ1) is 12.0. The van der Waals surface area contributed by atoms with E-state index in [0.717, 1.165) is 25.7 Å². The average Bonchev–Trinajstić information content (AvgIpc) is 3.01. The predicted molar refractivity (Wildman–Crippen MR) is 95.6 cm³/mol. The number of aliphatic hydroxyl groups excluding tert-OH is 2. The Balaban J connectivity index is 1.58. The van der Waals surface area contributed by atoms with Gasteiger partial charge >= 0.3 is 0 Å². The quantitative estimate of drug-likeness (QED) is 0.460. The van der Waals surface area contributed by atoms with Crippen LogP contribution in [0.4, 0.5) is 0 Å². The summed E-state index contributed by atoms with van der Waals surface area (Å²) in [5.41, 5.74) is 0.521. The first kappa shape index (κ1) is 18.2. The fraction of sp³-hybridized carbons (Fsp3) is 1.00. The van der Waals surface area contributed by atoms with Crippen LogP contribution in [0.15, 0.2) is 0 Å². The van der Waals surface area contributed by atoms with E-state index < -0.39 is 0 Å². The van der Waals surface area contributed by atoms with Gasteiger partial charge in [0, 0.05) is 5.41 Å². The van der Waals surface area contributed by atoms with Gasteiger partial charge in [-0.05, 0) is 87.4 Å². The molecule has 0 radical (unpaired) electrons. The number of hydrogen-bond acceptors (Lipinski definition) is 4. The summed E-state index contributed by atoms with van der Waals surface area (Å²) in [4.78, 5) is 10.8. The van der Waals surface area contributed by atoms with E-state index in [1.807, 2.05) is 6.92 Å². The van der Waals surface area contributed by atoms with E-state index in [1.165, 1.54) is 32.1 Å². The second-order valence-corrected chi connectivity index (χ2v) is 9.69. The minimum Gasteiger partial charge on any atom is -0.393 e. The van der Waals surface area contributed by atoms with E-state index in [9.17, 15) is 10.2 Å². The Labute approximate surface area is 152 Å². The zero-order valence-corrected chi connectivity index (χ0v) is 16.0. The van der Waals surface area contributed by atoms with E-state index in [2.05, 4.69) is 6.92 Å². The van der Waals surface area contributed by atoms with Crippen molar-refractivity contribution in [1.82, 2.24) is 0 Å². The fourth-order valence-electron chi connectivity index (χ4n) is 7.49. The standard InChI is InChI=1S/C21H36O4/c1-3-24-25-13-21-8-4-5-17(21)19-16(7-10-21)20(2)9-6-15(22)11-14(20)12-18(19)23/h14-19,22-23H,3-13H2,1-2H3/t14-,15-,16+,17+,18+,19-,20+,21+/m1/s1. The van der Waals surface area contributed by atoms with Crippen LogP contribution in [-0.2, 0) is 9.78 Å². The monoisotopic (exact) mass is 352 g/mol. The van der Waals surface area contributed by atoms with Crippen LogP contribution in [0.2, 0.25) is 0 Å². The lowest BCUT2D eigenvalue weighted by Gasteiger charge is -2.62. The molecule has 4 aliphatic rings. The van der Waals surface area contributed by atoms with Crippen molar-refractivity contribution in [2.24, 2.45) is 34.5 Å². The van der Waals surface area contributed by atoms with Crippen LogP contribution in [0.5, 0.6) is 0 Å². The molecule has 4 rings (SSSR count). The smallest absolute Gasteiger partial charge is 0.0881 e. The van der Waals surface area contributed by atoms with Crippen LogP contribution < -0.4 is 0 Å². The summed E-state index contributed by atoms with van der Waals surface area (Å²) in [6.45, 7) is 5.72. The van der Waals surface area contributed by atoms with Crippen LogP contribution in [0, 0.1) is 34.5 Å². The maximum Gasteiger partial charge on any atom is 0.0881 e. The zero-order valence-electron chi connectivity index (χ0n) is 16.0. The van der Waals surface area contributed by atoms with Gasteiger partial charge in [0.15, 0.2) is 0 Å². The molecule has 144 valence electrons. The van der Waals surface area contributed by atoms with Crippen LogP contribution in [0.25, 0.3) is 0 Å². The van der Waals surface area contributed by atoms with Gasteiger partial charge < -0.3 is 10.2 Å². The Bertz CT molecular complexity index is 483. The summed E-state index contributed by atoms with van der Waals surface area (Å²) in [6.07, 6.45) is 9.61. The molecule has 4 nitrogen and oxygen atoms in total. The lowest BCUT2D eigenvalue weighted by atomic mass is 9.44. The first-order valence-corrected chi connectivity index (χ1v) is 10.6. The van der Waals surface area contributed by atoms with E-state index in [1.54, 1.807) is 0 Å². The average molecular weight is 353 g/mol. The zero-order chi connectivity index (χ0) is 17.7. The van der Waals surface area contributed by atoms with Gasteiger partial charge in [-0.25, -0.2) is 9.78 Å². The SMILES string of the molecule is CCOOC[C@@]12CCC[C@H]1[C@@H]1[C@@H](O)C[C@H]3C[C@H](O)CC[C@]3(C)[C@H]1CC2. The first-order valence-electron chi connectivity index (χ1n) is 10.6. The summed E-state index contributed by atoms with van der Waals surface area (Å²) in [7, 11) is 0. The van der Waals surface area contributed by atoms with Crippen molar-refractivity contribution < 1.29 is 20.0 Å². The molecule has 0 saturated heterocycles. The van der Waals surface area contributed by atoms with Gasteiger partial charge in [0.05, 0.1) is 25.4 Å². The van der Waals surface area contributed by atoms with Crippen LogP contribution in [-0.4, -0.2) is 35.6 Å². The van der Waals surface area contributed by atoms with Crippen molar-refractivity contribution in [3.05, 3.63) is 0 Å². The Kier molecular flexibility index (Phi) is 4.94. The molecule has 0 bridgehead atoms. The highest BCUT2D eigenvalue weighted by atomic mass is 17.2. The van der Waals surface area contributed by atoms with E-state index in [4.69, 9.17) is 9.78 Å². The molecule has 0 spiro atoms. The molecule has 0 aromatic rings. The Morgan fingerprint density at radius 3 is 2.60 bits per heavy atom. The van der Waals surface area contributed by atoms with Gasteiger partial charge in [0.1, 0.15) is 0 Å². The lowest BCUT2D eigenvalue weighted by molar-refractivity contribution is -0.316. The van der Waals surface area contributed by atoms with Crippen molar-refractivity contribution in [1.29, 1.82) is 0 Å². The fourth-order valence-corrected chi connectivity index (χ4v) is 7.49. The topological polar surface area (TPSA) is 58.9 Å². The second-order valence-electron chi connectivity index (χ2n) is 9.69. The molecule has 0 heterocycles. The molecule has 0 unspecified atom stereocenters. The Morgan fingerprint density at radius 1 is 0.960 bits per heavy atom. The van der Waals surface area contributed by atoms with Gasteiger partial charge in [0.2, 0.25) is 0 Å². The van der Waals surface area contributed by atoms with E-state index in [-0.39, 0.29) is 17.6 Å². The normalized spacial score (nSPS) is 52.3. The van der Waals surface area contributed by atoms with Crippen LogP contribution in [0.1, 0.15) is 71.6 Å². The summed E-state index contributed by atoms with van der Waals surface area (Å²) in [6, 6.07) is 0. The largest absolute Gasteiger partial charge is 0.393 e. The van der Waals surface area contributed by atoms with Gasteiger partial charge in [-0.3, -0.25) is 0 Å². The molecule has 0 aromatic heterocycles. The molecular formula is C21H36O4. The maximum absolute atomic E-state index is 11.1. The highest BCUT2D eigenvalue weighted by Gasteiger charge is 2.61. The molecule has 2 N–H and O–H groups in total. The van der Waals surface area contributed by atoms with Gasteiger partial charge in [-0.1, -0.05) is 13.3 Å². The molecule has 0 aromatic carbocycles. The van der Waals surface area contributed by atoms with E-state index >= 15 is 0 Å². The summed E-state index contributed by atoms with van der Waals surface area (Å²) in [5, 5.41) is 21.3. The second kappa shape index (κ2) is 6.78. The lowest BCUT2D eigenvalue weighted by Crippen LogP contribution is -2.58. The van der Waals surface area contributed by atoms with Crippen molar-refractivity contribution in [3.63, 3.8) is 0 Å². The van der Waals surface area contributed by atoms with Gasteiger partial charge in [-0.2, -0.15) is 0 Å². The minimum atomic E-state index is -0.205. The number of rotatable bonds is 4. The summed E-state index contributed by atoms with van der Waals surface area (Å²) >= 11 is 0. The third-order valence-electron chi connectivity index (χ3n) is 8.73. The molecule has 0 amide bonds. The highest BCUT2D eigenvalue weighted by Crippen LogP contribution is 2.66. The molecule has 4 fully saturated rings. The van der Waals surface area contributed by atoms with Crippen LogP contribution in [0.3, 0.4) is 0 Å². The molecular weight excluding hydrogens is 316 g/mol. The van der Waals surface area contributed by atoms with Crippen molar-refractivity contribution in [2.75, 3.05) is 13.2 Å². The maximum atomic E-state index is 11.1. The van der Waals surface area contributed by atoms with Crippen molar-refractivity contribution >= 4 is 0 Å². The Morgan fingerprint density at radius 2 is 1.80 bits per heavy atom. The number of fused-ring (bicyclic) bond motifs is 5. The molecule has 4 saturated carbocycles. The summed E-state index contributed by atoms with van der Waals surface area (Å²) in [5.74, 6) is 2.09.